The predicted molar refractivity (Wildman–Crippen MR) is 57.2 cm³/mol. The minimum Gasteiger partial charge on any atom is -0.380 e. The van der Waals surface area contributed by atoms with Gasteiger partial charge in [0.1, 0.15) is 0 Å². The van der Waals surface area contributed by atoms with Gasteiger partial charge in [-0.05, 0) is 31.7 Å². The largest absolute Gasteiger partial charge is 0.380 e. The second-order valence-corrected chi connectivity index (χ2v) is 4.64. The second kappa shape index (κ2) is 4.60. The Balaban J connectivity index is 1.89. The van der Waals surface area contributed by atoms with Gasteiger partial charge in [-0.3, -0.25) is 4.90 Å². The standard InChI is InChI=1S/C11H22N2O/c1-14-10-5-6-13(8-10)11-4-2-3-9(11)7-12/h9-11H,2-8,12H2,1H3. The van der Waals surface area contributed by atoms with Crippen molar-refractivity contribution in [3.63, 3.8) is 0 Å². The Kier molecular flexibility index (Phi) is 3.42. The lowest BCUT2D eigenvalue weighted by Gasteiger charge is -2.28. The molecule has 1 aliphatic carbocycles. The molecule has 0 aromatic carbocycles. The molecule has 0 bridgehead atoms. The molecule has 2 fully saturated rings. The second-order valence-electron chi connectivity index (χ2n) is 4.64. The fourth-order valence-electron chi connectivity index (χ4n) is 3.02. The van der Waals surface area contributed by atoms with Crippen LogP contribution in [0.1, 0.15) is 25.7 Å². The van der Waals surface area contributed by atoms with E-state index in [0.717, 1.165) is 25.0 Å². The summed E-state index contributed by atoms with van der Waals surface area (Å²) in [5.41, 5.74) is 5.80. The van der Waals surface area contributed by atoms with E-state index in [9.17, 15) is 0 Å². The zero-order valence-corrected chi connectivity index (χ0v) is 9.11. The summed E-state index contributed by atoms with van der Waals surface area (Å²) in [6.45, 7) is 3.19. The van der Waals surface area contributed by atoms with E-state index < -0.39 is 0 Å². The van der Waals surface area contributed by atoms with E-state index >= 15 is 0 Å². The minimum atomic E-state index is 0.467. The van der Waals surface area contributed by atoms with Crippen LogP contribution in [0.15, 0.2) is 0 Å². The van der Waals surface area contributed by atoms with Crippen molar-refractivity contribution < 1.29 is 4.74 Å². The molecule has 1 saturated heterocycles. The van der Waals surface area contributed by atoms with Crippen LogP contribution in [0.4, 0.5) is 0 Å². The first-order valence-corrected chi connectivity index (χ1v) is 5.82. The molecule has 1 heterocycles. The highest BCUT2D eigenvalue weighted by molar-refractivity contribution is 4.90. The first kappa shape index (κ1) is 10.4. The van der Waals surface area contributed by atoms with Crippen LogP contribution in [-0.4, -0.2) is 43.8 Å². The van der Waals surface area contributed by atoms with E-state index in [-0.39, 0.29) is 0 Å². The molecule has 1 saturated carbocycles. The Morgan fingerprint density at radius 2 is 2.21 bits per heavy atom. The van der Waals surface area contributed by atoms with Crippen LogP contribution in [-0.2, 0) is 4.74 Å². The number of likely N-dealkylation sites (tertiary alicyclic amines) is 1. The molecule has 0 spiro atoms. The molecule has 1 aliphatic heterocycles. The summed E-state index contributed by atoms with van der Waals surface area (Å²) in [7, 11) is 1.82. The maximum absolute atomic E-state index is 5.80. The summed E-state index contributed by atoms with van der Waals surface area (Å²) in [5, 5.41) is 0. The van der Waals surface area contributed by atoms with Crippen molar-refractivity contribution in [3.05, 3.63) is 0 Å². The van der Waals surface area contributed by atoms with Crippen LogP contribution in [0.2, 0.25) is 0 Å². The normalized spacial score (nSPS) is 39.4. The Hall–Kier alpha value is -0.120. The average molecular weight is 198 g/mol. The Bertz CT molecular complexity index is 186. The van der Waals surface area contributed by atoms with Crippen LogP contribution in [0.5, 0.6) is 0 Å². The minimum absolute atomic E-state index is 0.467. The molecule has 0 radical (unpaired) electrons. The van der Waals surface area contributed by atoms with Gasteiger partial charge in [-0.1, -0.05) is 6.42 Å². The lowest BCUT2D eigenvalue weighted by molar-refractivity contribution is 0.0961. The third-order valence-electron chi connectivity index (χ3n) is 3.90. The van der Waals surface area contributed by atoms with Crippen LogP contribution < -0.4 is 5.73 Å². The molecule has 3 unspecified atom stereocenters. The van der Waals surface area contributed by atoms with E-state index in [4.69, 9.17) is 10.5 Å². The Labute approximate surface area is 86.6 Å². The van der Waals surface area contributed by atoms with E-state index in [1.165, 1.54) is 32.2 Å². The molecule has 3 heteroatoms. The molecule has 2 aliphatic rings. The van der Waals surface area contributed by atoms with E-state index in [1.807, 2.05) is 7.11 Å². The molecular formula is C11H22N2O. The van der Waals surface area contributed by atoms with Crippen molar-refractivity contribution in [2.45, 2.75) is 37.8 Å². The third-order valence-corrected chi connectivity index (χ3v) is 3.90. The molecule has 0 aromatic rings. The van der Waals surface area contributed by atoms with Crippen molar-refractivity contribution in [1.82, 2.24) is 4.90 Å². The monoisotopic (exact) mass is 198 g/mol. The number of ether oxygens (including phenoxy) is 1. The molecule has 0 aromatic heterocycles. The highest BCUT2D eigenvalue weighted by atomic mass is 16.5. The van der Waals surface area contributed by atoms with Crippen LogP contribution in [0, 0.1) is 5.92 Å². The van der Waals surface area contributed by atoms with Gasteiger partial charge in [-0.15, -0.1) is 0 Å². The maximum Gasteiger partial charge on any atom is 0.0710 e. The number of methoxy groups -OCH3 is 1. The van der Waals surface area contributed by atoms with Gasteiger partial charge in [-0.2, -0.15) is 0 Å². The topological polar surface area (TPSA) is 38.5 Å². The summed E-state index contributed by atoms with van der Waals surface area (Å²) in [5.74, 6) is 0.741. The SMILES string of the molecule is COC1CCN(C2CCCC2CN)C1. The molecule has 82 valence electrons. The Morgan fingerprint density at radius 3 is 2.86 bits per heavy atom. The van der Waals surface area contributed by atoms with Gasteiger partial charge in [0.15, 0.2) is 0 Å². The van der Waals surface area contributed by atoms with Crippen molar-refractivity contribution in [2.75, 3.05) is 26.7 Å². The third kappa shape index (κ3) is 1.95. The van der Waals surface area contributed by atoms with Crippen LogP contribution in [0.25, 0.3) is 0 Å². The summed E-state index contributed by atoms with van der Waals surface area (Å²) in [4.78, 5) is 2.60. The van der Waals surface area contributed by atoms with Crippen molar-refractivity contribution in [1.29, 1.82) is 0 Å². The maximum atomic E-state index is 5.80. The van der Waals surface area contributed by atoms with Crippen molar-refractivity contribution in [2.24, 2.45) is 11.7 Å². The molecule has 0 amide bonds. The average Bonchev–Trinajstić information content (AvgIpc) is 2.85. The zero-order valence-electron chi connectivity index (χ0n) is 9.11. The lowest BCUT2D eigenvalue weighted by atomic mass is 10.0. The first-order valence-electron chi connectivity index (χ1n) is 5.82. The molecule has 2 N–H and O–H groups in total. The number of hydrogen-bond acceptors (Lipinski definition) is 3. The van der Waals surface area contributed by atoms with E-state index in [1.54, 1.807) is 0 Å². The fraction of sp³-hybridized carbons (Fsp3) is 1.00. The molecule has 14 heavy (non-hydrogen) atoms. The number of nitrogens with zero attached hydrogens (tertiary/aromatic N) is 1. The van der Waals surface area contributed by atoms with Gasteiger partial charge in [0.2, 0.25) is 0 Å². The smallest absolute Gasteiger partial charge is 0.0710 e. The molecule has 2 rings (SSSR count). The molecule has 3 nitrogen and oxygen atoms in total. The van der Waals surface area contributed by atoms with Gasteiger partial charge in [0.25, 0.3) is 0 Å². The van der Waals surface area contributed by atoms with Crippen LogP contribution in [0.3, 0.4) is 0 Å². The first-order chi connectivity index (χ1) is 6.85. The predicted octanol–water partition coefficient (Wildman–Crippen LogP) is 0.834. The fourth-order valence-corrected chi connectivity index (χ4v) is 3.02. The van der Waals surface area contributed by atoms with Gasteiger partial charge < -0.3 is 10.5 Å². The van der Waals surface area contributed by atoms with Crippen LogP contribution >= 0.6 is 0 Å². The molecular weight excluding hydrogens is 176 g/mol. The van der Waals surface area contributed by atoms with Gasteiger partial charge in [0.05, 0.1) is 6.10 Å². The highest BCUT2D eigenvalue weighted by Crippen LogP contribution is 2.31. The van der Waals surface area contributed by atoms with Gasteiger partial charge in [0, 0.05) is 26.2 Å². The highest BCUT2D eigenvalue weighted by Gasteiger charge is 2.35. The van der Waals surface area contributed by atoms with Gasteiger partial charge >= 0.3 is 0 Å². The molecule has 3 atom stereocenters. The Morgan fingerprint density at radius 1 is 1.36 bits per heavy atom. The van der Waals surface area contributed by atoms with Crippen molar-refractivity contribution >= 4 is 0 Å². The summed E-state index contributed by atoms with van der Waals surface area (Å²) in [6.07, 6.45) is 5.70. The number of nitrogens with two attached hydrogens (primary N) is 1. The van der Waals surface area contributed by atoms with E-state index in [2.05, 4.69) is 4.90 Å². The lowest BCUT2D eigenvalue weighted by Crippen LogP contribution is -2.39. The van der Waals surface area contributed by atoms with Gasteiger partial charge in [-0.25, -0.2) is 0 Å². The van der Waals surface area contributed by atoms with E-state index in [0.29, 0.717) is 6.10 Å². The summed E-state index contributed by atoms with van der Waals surface area (Å²) in [6, 6.07) is 0.750. The van der Waals surface area contributed by atoms with Crippen molar-refractivity contribution in [3.8, 4) is 0 Å². The summed E-state index contributed by atoms with van der Waals surface area (Å²) < 4.78 is 5.40. The number of hydrogen-bond donors (Lipinski definition) is 1. The zero-order chi connectivity index (χ0) is 9.97. The number of rotatable bonds is 3. The quantitative estimate of drug-likeness (QED) is 0.730. The summed E-state index contributed by atoms with van der Waals surface area (Å²) >= 11 is 0.